The summed E-state index contributed by atoms with van der Waals surface area (Å²) in [6, 6.07) is 10.6. The topological polar surface area (TPSA) is 87.7 Å². The number of anilines is 1. The van der Waals surface area contributed by atoms with E-state index in [0.29, 0.717) is 25.2 Å². The number of fused-ring (bicyclic) bond motifs is 1. The molecule has 1 fully saturated rings. The molecule has 2 N–H and O–H groups in total. The van der Waals surface area contributed by atoms with Crippen molar-refractivity contribution in [1.82, 2.24) is 10.6 Å². The standard InChI is InChI=1S/C20H17F2N3O4/c21-20(22)29-16-4-2-1-3-15(16)25-8-7-12(10-25)23-17(26)11-5-6-13-14(9-11)19(28)24-18(13)27/h1-6,9,12,20H,7-8,10H2,(H,23,26)(H,24,27,28)/t12-/m0/s1. The van der Waals surface area contributed by atoms with Gasteiger partial charge in [0.15, 0.2) is 0 Å². The van der Waals surface area contributed by atoms with Crippen LogP contribution in [0, 0.1) is 0 Å². The first kappa shape index (κ1) is 18.9. The summed E-state index contributed by atoms with van der Waals surface area (Å²) in [5, 5.41) is 5.07. The number of para-hydroxylation sites is 2. The summed E-state index contributed by atoms with van der Waals surface area (Å²) in [7, 11) is 0. The van der Waals surface area contributed by atoms with Crippen molar-refractivity contribution in [3.8, 4) is 5.75 Å². The first-order valence-electron chi connectivity index (χ1n) is 9.02. The molecule has 0 saturated carbocycles. The minimum atomic E-state index is -2.92. The van der Waals surface area contributed by atoms with Crippen LogP contribution in [0.15, 0.2) is 42.5 Å². The summed E-state index contributed by atoms with van der Waals surface area (Å²) < 4.78 is 29.8. The van der Waals surface area contributed by atoms with Crippen LogP contribution in [0.4, 0.5) is 14.5 Å². The molecule has 2 aromatic rings. The molecule has 29 heavy (non-hydrogen) atoms. The van der Waals surface area contributed by atoms with Crippen LogP contribution < -0.4 is 20.3 Å². The highest BCUT2D eigenvalue weighted by Crippen LogP contribution is 2.31. The van der Waals surface area contributed by atoms with Gasteiger partial charge in [0.1, 0.15) is 5.75 Å². The second-order valence-corrected chi connectivity index (χ2v) is 6.79. The van der Waals surface area contributed by atoms with E-state index in [-0.39, 0.29) is 34.4 Å². The number of alkyl halides is 2. The van der Waals surface area contributed by atoms with Gasteiger partial charge in [-0.3, -0.25) is 19.7 Å². The van der Waals surface area contributed by atoms with Crippen LogP contribution >= 0.6 is 0 Å². The Morgan fingerprint density at radius 1 is 1.14 bits per heavy atom. The van der Waals surface area contributed by atoms with Gasteiger partial charge in [0.25, 0.3) is 17.7 Å². The van der Waals surface area contributed by atoms with Crippen molar-refractivity contribution < 1.29 is 27.9 Å². The zero-order valence-electron chi connectivity index (χ0n) is 15.2. The van der Waals surface area contributed by atoms with Gasteiger partial charge in [0, 0.05) is 24.7 Å². The van der Waals surface area contributed by atoms with Crippen LogP contribution in [-0.4, -0.2) is 43.5 Å². The third kappa shape index (κ3) is 3.75. The molecule has 1 atom stereocenters. The Balaban J connectivity index is 1.44. The Bertz CT molecular complexity index is 995. The summed E-state index contributed by atoms with van der Waals surface area (Å²) >= 11 is 0. The Hall–Kier alpha value is -3.49. The minimum absolute atomic E-state index is 0.0868. The number of carbonyl (C=O) groups excluding carboxylic acids is 3. The average Bonchev–Trinajstić information content (AvgIpc) is 3.26. The molecule has 2 heterocycles. The molecule has 150 valence electrons. The van der Waals surface area contributed by atoms with E-state index < -0.39 is 18.4 Å². The number of hydrogen-bond acceptors (Lipinski definition) is 5. The number of rotatable bonds is 5. The Morgan fingerprint density at radius 2 is 1.90 bits per heavy atom. The van der Waals surface area contributed by atoms with Crippen LogP contribution in [0.5, 0.6) is 5.75 Å². The second-order valence-electron chi connectivity index (χ2n) is 6.79. The number of benzene rings is 2. The molecule has 2 aliphatic heterocycles. The first-order chi connectivity index (χ1) is 13.9. The van der Waals surface area contributed by atoms with Gasteiger partial charge in [-0.25, -0.2) is 0 Å². The van der Waals surface area contributed by atoms with Gasteiger partial charge in [0.05, 0.1) is 16.8 Å². The Kier molecular flexibility index (Phi) is 4.87. The van der Waals surface area contributed by atoms with Crippen molar-refractivity contribution in [2.75, 3.05) is 18.0 Å². The van der Waals surface area contributed by atoms with Gasteiger partial charge >= 0.3 is 6.61 Å². The molecule has 9 heteroatoms. The lowest BCUT2D eigenvalue weighted by atomic mass is 10.0. The van der Waals surface area contributed by atoms with Crippen molar-refractivity contribution in [2.24, 2.45) is 0 Å². The van der Waals surface area contributed by atoms with E-state index in [1.54, 1.807) is 18.2 Å². The van der Waals surface area contributed by atoms with Gasteiger partial charge in [-0.05, 0) is 36.8 Å². The molecule has 0 spiro atoms. The predicted octanol–water partition coefficient (Wildman–Crippen LogP) is 2.18. The maximum Gasteiger partial charge on any atom is 0.387 e. The Labute approximate surface area is 164 Å². The third-order valence-electron chi connectivity index (χ3n) is 4.94. The normalized spacial score (nSPS) is 18.0. The number of ether oxygens (including phenoxy) is 1. The molecule has 0 unspecified atom stereocenters. The number of hydrogen-bond donors (Lipinski definition) is 2. The zero-order valence-corrected chi connectivity index (χ0v) is 15.2. The van der Waals surface area contributed by atoms with Crippen LogP contribution in [0.1, 0.15) is 37.5 Å². The van der Waals surface area contributed by atoms with Gasteiger partial charge in [0.2, 0.25) is 0 Å². The quantitative estimate of drug-likeness (QED) is 0.750. The van der Waals surface area contributed by atoms with Crippen LogP contribution in [0.25, 0.3) is 0 Å². The molecule has 0 aromatic heterocycles. The lowest BCUT2D eigenvalue weighted by Crippen LogP contribution is -2.37. The van der Waals surface area contributed by atoms with Crippen molar-refractivity contribution >= 4 is 23.4 Å². The number of imide groups is 1. The maximum absolute atomic E-state index is 12.6. The molecule has 2 aliphatic rings. The molecule has 3 amide bonds. The van der Waals surface area contributed by atoms with Crippen LogP contribution in [-0.2, 0) is 0 Å². The molecule has 4 rings (SSSR count). The first-order valence-corrected chi connectivity index (χ1v) is 9.02. The number of nitrogens with one attached hydrogen (secondary N) is 2. The monoisotopic (exact) mass is 401 g/mol. The van der Waals surface area contributed by atoms with Crippen molar-refractivity contribution in [3.05, 3.63) is 59.2 Å². The van der Waals surface area contributed by atoms with E-state index in [9.17, 15) is 23.2 Å². The zero-order chi connectivity index (χ0) is 20.5. The summed E-state index contributed by atoms with van der Waals surface area (Å²) in [5.41, 5.74) is 1.23. The summed E-state index contributed by atoms with van der Waals surface area (Å²) in [4.78, 5) is 37.8. The van der Waals surface area contributed by atoms with Gasteiger partial charge < -0.3 is 15.0 Å². The SMILES string of the molecule is O=C(N[C@H]1CCN(c2ccccc2OC(F)F)C1)c1ccc2c(c1)C(=O)NC2=O. The highest BCUT2D eigenvalue weighted by atomic mass is 19.3. The summed E-state index contributed by atoms with van der Waals surface area (Å²) in [5.74, 6) is -1.29. The molecule has 0 radical (unpaired) electrons. The summed E-state index contributed by atoms with van der Waals surface area (Å²) in [6.45, 7) is -1.92. The molecule has 0 aliphatic carbocycles. The number of nitrogens with zero attached hydrogens (tertiary/aromatic N) is 1. The van der Waals surface area contributed by atoms with Crippen molar-refractivity contribution in [3.63, 3.8) is 0 Å². The second kappa shape index (κ2) is 7.50. The smallest absolute Gasteiger partial charge is 0.387 e. The molecule has 1 saturated heterocycles. The van der Waals surface area contributed by atoms with E-state index in [4.69, 9.17) is 0 Å². The third-order valence-corrected chi connectivity index (χ3v) is 4.94. The van der Waals surface area contributed by atoms with E-state index in [2.05, 4.69) is 15.4 Å². The molecular weight excluding hydrogens is 384 g/mol. The van der Waals surface area contributed by atoms with Crippen LogP contribution in [0.2, 0.25) is 0 Å². The van der Waals surface area contributed by atoms with Crippen molar-refractivity contribution in [1.29, 1.82) is 0 Å². The molecule has 2 aromatic carbocycles. The molecule has 0 bridgehead atoms. The van der Waals surface area contributed by atoms with Gasteiger partial charge in [-0.2, -0.15) is 8.78 Å². The van der Waals surface area contributed by atoms with Crippen LogP contribution in [0.3, 0.4) is 0 Å². The van der Waals surface area contributed by atoms with E-state index in [1.165, 1.54) is 24.3 Å². The molecule has 7 nitrogen and oxygen atoms in total. The lowest BCUT2D eigenvalue weighted by molar-refractivity contribution is -0.0495. The predicted molar refractivity (Wildman–Crippen MR) is 99.4 cm³/mol. The fraction of sp³-hybridized carbons (Fsp3) is 0.250. The van der Waals surface area contributed by atoms with E-state index >= 15 is 0 Å². The fourth-order valence-electron chi connectivity index (χ4n) is 3.59. The number of amides is 3. The number of halogens is 2. The maximum atomic E-state index is 12.6. The van der Waals surface area contributed by atoms with Gasteiger partial charge in [-0.15, -0.1) is 0 Å². The average molecular weight is 401 g/mol. The van der Waals surface area contributed by atoms with E-state index in [0.717, 1.165) is 0 Å². The highest BCUT2D eigenvalue weighted by molar-refractivity contribution is 6.22. The molecular formula is C20H17F2N3O4. The Morgan fingerprint density at radius 3 is 2.69 bits per heavy atom. The van der Waals surface area contributed by atoms with Gasteiger partial charge in [-0.1, -0.05) is 12.1 Å². The minimum Gasteiger partial charge on any atom is -0.433 e. The highest BCUT2D eigenvalue weighted by Gasteiger charge is 2.29. The lowest BCUT2D eigenvalue weighted by Gasteiger charge is -2.22. The summed E-state index contributed by atoms with van der Waals surface area (Å²) in [6.07, 6.45) is 0.624. The van der Waals surface area contributed by atoms with E-state index in [1.807, 2.05) is 4.90 Å². The fourth-order valence-corrected chi connectivity index (χ4v) is 3.59. The number of carbonyl (C=O) groups is 3. The largest absolute Gasteiger partial charge is 0.433 e. The van der Waals surface area contributed by atoms with Crippen molar-refractivity contribution in [2.45, 2.75) is 19.1 Å².